The molecule has 2 aliphatic rings. The van der Waals surface area contributed by atoms with E-state index >= 15 is 0 Å². The van der Waals surface area contributed by atoms with Gasteiger partial charge in [0.25, 0.3) is 0 Å². The van der Waals surface area contributed by atoms with Crippen molar-refractivity contribution in [2.75, 3.05) is 33.3 Å². The number of esters is 1. The molecule has 0 bridgehead atoms. The molecule has 1 spiro atoms. The van der Waals surface area contributed by atoms with E-state index in [-0.39, 0.29) is 28.3 Å². The third-order valence-corrected chi connectivity index (χ3v) is 6.37. The summed E-state index contributed by atoms with van der Waals surface area (Å²) in [6.45, 7) is 3.04. The van der Waals surface area contributed by atoms with Crippen LogP contribution in [0.3, 0.4) is 0 Å². The summed E-state index contributed by atoms with van der Waals surface area (Å²) in [6, 6.07) is 6.03. The van der Waals surface area contributed by atoms with E-state index in [1.807, 2.05) is 0 Å². The van der Waals surface area contributed by atoms with Crippen molar-refractivity contribution in [3.05, 3.63) is 29.8 Å². The van der Waals surface area contributed by atoms with Crippen LogP contribution in [-0.4, -0.2) is 52.0 Å². The number of ether oxygens (including phenoxy) is 1. The zero-order chi connectivity index (χ0) is 15.8. The van der Waals surface area contributed by atoms with Crippen LogP contribution in [0.1, 0.15) is 23.2 Å². The van der Waals surface area contributed by atoms with Crippen LogP contribution in [0, 0.1) is 5.41 Å². The third kappa shape index (κ3) is 3.38. The van der Waals surface area contributed by atoms with Crippen LogP contribution >= 0.6 is 12.4 Å². The van der Waals surface area contributed by atoms with Gasteiger partial charge in [-0.1, -0.05) is 6.07 Å². The summed E-state index contributed by atoms with van der Waals surface area (Å²) in [6.07, 6.45) is 2.03. The van der Waals surface area contributed by atoms with Crippen molar-refractivity contribution in [2.45, 2.75) is 17.7 Å². The van der Waals surface area contributed by atoms with Gasteiger partial charge in [0.2, 0.25) is 10.0 Å². The van der Waals surface area contributed by atoms with E-state index in [1.54, 1.807) is 12.1 Å². The maximum absolute atomic E-state index is 12.7. The molecule has 3 rings (SSSR count). The molecule has 2 fully saturated rings. The quantitative estimate of drug-likeness (QED) is 0.821. The molecule has 128 valence electrons. The van der Waals surface area contributed by atoms with Crippen LogP contribution in [0.4, 0.5) is 0 Å². The van der Waals surface area contributed by atoms with Gasteiger partial charge in [-0.3, -0.25) is 0 Å². The second-order valence-electron chi connectivity index (χ2n) is 6.04. The molecule has 0 aliphatic carbocycles. The minimum absolute atomic E-state index is 0. The Kier molecular flexibility index (Phi) is 5.35. The molecular formula is C15H21ClN2O4S. The molecule has 8 heteroatoms. The molecule has 0 unspecified atom stereocenters. The Morgan fingerprint density at radius 2 is 1.91 bits per heavy atom. The number of benzene rings is 1. The van der Waals surface area contributed by atoms with Crippen molar-refractivity contribution in [3.8, 4) is 0 Å². The molecule has 2 aliphatic heterocycles. The van der Waals surface area contributed by atoms with Gasteiger partial charge in [-0.25, -0.2) is 13.2 Å². The third-order valence-electron chi connectivity index (χ3n) is 4.58. The molecule has 0 saturated carbocycles. The molecule has 1 N–H and O–H groups in total. The highest BCUT2D eigenvalue weighted by atomic mass is 35.5. The van der Waals surface area contributed by atoms with Crippen molar-refractivity contribution in [2.24, 2.45) is 5.41 Å². The van der Waals surface area contributed by atoms with Gasteiger partial charge in [0.1, 0.15) is 0 Å². The van der Waals surface area contributed by atoms with E-state index in [0.29, 0.717) is 13.1 Å². The number of carbonyl (C=O) groups is 1. The molecule has 2 heterocycles. The first-order valence-electron chi connectivity index (χ1n) is 7.36. The van der Waals surface area contributed by atoms with Crippen molar-refractivity contribution in [1.82, 2.24) is 9.62 Å². The lowest BCUT2D eigenvalue weighted by Crippen LogP contribution is -2.61. The van der Waals surface area contributed by atoms with Gasteiger partial charge in [0.05, 0.1) is 17.6 Å². The summed E-state index contributed by atoms with van der Waals surface area (Å²) < 4.78 is 31.5. The first-order valence-corrected chi connectivity index (χ1v) is 8.80. The lowest BCUT2D eigenvalue weighted by molar-refractivity contribution is 0.0373. The minimum Gasteiger partial charge on any atom is -0.465 e. The lowest BCUT2D eigenvalue weighted by Gasteiger charge is -2.51. The Labute approximate surface area is 142 Å². The predicted octanol–water partition coefficient (Wildman–Crippen LogP) is 1.27. The predicted molar refractivity (Wildman–Crippen MR) is 88.3 cm³/mol. The lowest BCUT2D eigenvalue weighted by atomic mass is 9.74. The van der Waals surface area contributed by atoms with Gasteiger partial charge in [0.15, 0.2) is 0 Å². The van der Waals surface area contributed by atoms with Crippen LogP contribution in [-0.2, 0) is 14.8 Å². The van der Waals surface area contributed by atoms with Crippen molar-refractivity contribution in [1.29, 1.82) is 0 Å². The summed E-state index contributed by atoms with van der Waals surface area (Å²) in [5.41, 5.74) is 0.388. The highest BCUT2D eigenvalue weighted by Gasteiger charge is 2.48. The van der Waals surface area contributed by atoms with Crippen LogP contribution < -0.4 is 5.32 Å². The number of methoxy groups -OCH3 is 1. The molecule has 1 aromatic rings. The van der Waals surface area contributed by atoms with Crippen molar-refractivity contribution < 1.29 is 17.9 Å². The number of halogens is 1. The Balaban J connectivity index is 0.00000192. The first kappa shape index (κ1) is 18.2. The topological polar surface area (TPSA) is 75.7 Å². The van der Waals surface area contributed by atoms with Crippen molar-refractivity contribution >= 4 is 28.4 Å². The van der Waals surface area contributed by atoms with E-state index in [0.717, 1.165) is 25.9 Å². The van der Waals surface area contributed by atoms with Crippen LogP contribution in [0.5, 0.6) is 0 Å². The van der Waals surface area contributed by atoms with Crippen LogP contribution in [0.25, 0.3) is 0 Å². The molecule has 23 heavy (non-hydrogen) atoms. The largest absolute Gasteiger partial charge is 0.465 e. The molecule has 2 saturated heterocycles. The Morgan fingerprint density at radius 1 is 1.26 bits per heavy atom. The van der Waals surface area contributed by atoms with Gasteiger partial charge < -0.3 is 10.1 Å². The van der Waals surface area contributed by atoms with Gasteiger partial charge >= 0.3 is 5.97 Å². The molecule has 1 aromatic carbocycles. The number of hydrogen-bond donors (Lipinski definition) is 1. The highest BCUT2D eigenvalue weighted by Crippen LogP contribution is 2.41. The van der Waals surface area contributed by atoms with E-state index in [1.165, 1.54) is 23.5 Å². The average molecular weight is 361 g/mol. The fraction of sp³-hybridized carbons (Fsp3) is 0.533. The molecule has 6 nitrogen and oxygen atoms in total. The number of sulfonamides is 1. The first-order chi connectivity index (χ1) is 10.5. The highest BCUT2D eigenvalue weighted by molar-refractivity contribution is 7.89. The number of carbonyl (C=O) groups excluding carboxylic acids is 1. The molecule has 0 radical (unpaired) electrons. The van der Waals surface area contributed by atoms with Gasteiger partial charge in [-0.15, -0.1) is 12.4 Å². The monoisotopic (exact) mass is 360 g/mol. The fourth-order valence-electron chi connectivity index (χ4n) is 3.20. The van der Waals surface area contributed by atoms with Gasteiger partial charge in [-0.05, 0) is 44.1 Å². The molecule has 0 amide bonds. The normalized spacial score (nSPS) is 20.4. The standard InChI is InChI=1S/C15H20N2O4S.ClH/c1-21-14(18)12-3-2-4-13(9-12)22(19,20)17-10-15(11-17)5-7-16-8-6-15;/h2-4,9,16H,5-8,10-11H2,1H3;1H. The van der Waals surface area contributed by atoms with Crippen LogP contribution in [0.15, 0.2) is 29.2 Å². The van der Waals surface area contributed by atoms with E-state index in [4.69, 9.17) is 0 Å². The molecule has 0 atom stereocenters. The smallest absolute Gasteiger partial charge is 0.337 e. The molecular weight excluding hydrogens is 340 g/mol. The maximum atomic E-state index is 12.7. The van der Waals surface area contributed by atoms with Crippen LogP contribution in [0.2, 0.25) is 0 Å². The zero-order valence-corrected chi connectivity index (χ0v) is 14.6. The second kappa shape index (κ2) is 6.76. The number of piperidine rings is 1. The number of rotatable bonds is 3. The number of hydrogen-bond acceptors (Lipinski definition) is 5. The van der Waals surface area contributed by atoms with E-state index < -0.39 is 16.0 Å². The summed E-state index contributed by atoms with van der Waals surface area (Å²) >= 11 is 0. The average Bonchev–Trinajstić information content (AvgIpc) is 2.52. The second-order valence-corrected chi connectivity index (χ2v) is 7.98. The number of nitrogens with zero attached hydrogens (tertiary/aromatic N) is 1. The SMILES string of the molecule is COC(=O)c1cccc(S(=O)(=O)N2CC3(CCNCC3)C2)c1.Cl. The van der Waals surface area contributed by atoms with Gasteiger partial charge in [0, 0.05) is 18.5 Å². The van der Waals surface area contributed by atoms with E-state index in [2.05, 4.69) is 10.1 Å². The summed E-state index contributed by atoms with van der Waals surface area (Å²) in [5.74, 6) is -0.532. The maximum Gasteiger partial charge on any atom is 0.337 e. The minimum atomic E-state index is -3.54. The zero-order valence-electron chi connectivity index (χ0n) is 12.9. The van der Waals surface area contributed by atoms with Gasteiger partial charge in [-0.2, -0.15) is 4.31 Å². The Bertz CT molecular complexity index is 678. The fourth-order valence-corrected chi connectivity index (χ4v) is 4.91. The number of nitrogens with one attached hydrogen (secondary N) is 1. The van der Waals surface area contributed by atoms with Crippen molar-refractivity contribution in [3.63, 3.8) is 0 Å². The summed E-state index contributed by atoms with van der Waals surface area (Å²) in [4.78, 5) is 11.7. The Morgan fingerprint density at radius 3 is 2.52 bits per heavy atom. The Hall–Kier alpha value is -1.15. The van der Waals surface area contributed by atoms with E-state index in [9.17, 15) is 13.2 Å². The summed E-state index contributed by atoms with van der Waals surface area (Å²) in [5, 5.41) is 3.30. The summed E-state index contributed by atoms with van der Waals surface area (Å²) in [7, 11) is -2.26. The molecule has 0 aromatic heterocycles.